The van der Waals surface area contributed by atoms with Crippen LogP contribution in [0.5, 0.6) is 0 Å². The van der Waals surface area contributed by atoms with Gasteiger partial charge in [0, 0.05) is 0 Å². The number of hydrogen-bond acceptors (Lipinski definition) is 0. The van der Waals surface area contributed by atoms with Crippen LogP contribution < -0.4 is 0 Å². The fraction of sp³-hybridized carbons (Fsp3) is 1.00. The molecule has 0 heterocycles. The van der Waals surface area contributed by atoms with Gasteiger partial charge in [-0.1, -0.05) is 0 Å². The van der Waals surface area contributed by atoms with Crippen molar-refractivity contribution in [2.45, 2.75) is 12.8 Å². The van der Waals surface area contributed by atoms with Gasteiger partial charge < -0.3 is 0 Å². The Bertz CT molecular complexity index is 1020. The van der Waals surface area contributed by atoms with E-state index in [1.165, 1.54) is 71.4 Å². The summed E-state index contributed by atoms with van der Waals surface area (Å²) in [6, 6.07) is 0. The lowest BCUT2D eigenvalue weighted by Gasteiger charge is -2.15. The Morgan fingerprint density at radius 1 is 0.471 bits per heavy atom. The molecule has 0 aromatic carbocycles. The van der Waals surface area contributed by atoms with Crippen molar-refractivity contribution >= 4 is 0 Å². The molecule has 0 heteroatoms. The molecule has 14 unspecified atom stereocenters. The first-order chi connectivity index (χ1) is 8.43. The second-order valence-electron chi connectivity index (χ2n) is 11.8. The van der Waals surface area contributed by atoms with Gasteiger partial charge in [-0.2, -0.15) is 0 Å². The Balaban J connectivity index is 1.23. The quantitative estimate of drug-likeness (QED) is 0.560. The normalized spacial score (nSPS) is 162. The first kappa shape index (κ1) is 4.53. The Morgan fingerprint density at radius 2 is 0.882 bits per heavy atom. The predicted molar refractivity (Wildman–Crippen MR) is 47.8 cm³/mol. The van der Waals surface area contributed by atoms with E-state index in [0.717, 1.165) is 10.8 Å². The summed E-state index contributed by atoms with van der Waals surface area (Å²) in [6.07, 6.45) is 3.49. The van der Waals surface area contributed by atoms with Crippen molar-refractivity contribution in [2.24, 2.45) is 82.2 Å². The maximum absolute atomic E-state index is 1.74. The van der Waals surface area contributed by atoms with E-state index >= 15 is 0 Å². The smallest absolute Gasteiger partial charge is 0.00000236 e. The van der Waals surface area contributed by atoms with Gasteiger partial charge in [-0.05, 0) is 95.1 Å². The third-order valence-electron chi connectivity index (χ3n) is 15.7. The van der Waals surface area contributed by atoms with Crippen molar-refractivity contribution in [2.75, 3.05) is 0 Å². The van der Waals surface area contributed by atoms with E-state index < -0.39 is 0 Å². The Labute approximate surface area is 95.5 Å². The molecule has 74 valence electrons. The van der Waals surface area contributed by atoms with Gasteiger partial charge in [-0.25, -0.2) is 0 Å². The highest BCUT2D eigenvalue weighted by Crippen LogP contribution is 3.87. The average molecular weight is 210 g/mol. The maximum Gasteiger partial charge on any atom is -0.00000236 e. The van der Waals surface area contributed by atoms with Gasteiger partial charge in [-0.15, -0.1) is 0 Å². The Kier molecular flexibility index (Phi) is 0.130. The molecular formula is C17H6. The van der Waals surface area contributed by atoms with E-state index in [0.29, 0.717) is 0 Å². The van der Waals surface area contributed by atoms with Gasteiger partial charge in [0.25, 0.3) is 0 Å². The summed E-state index contributed by atoms with van der Waals surface area (Å²) in [6.45, 7) is 0. The summed E-state index contributed by atoms with van der Waals surface area (Å²) in [7, 11) is 0. The molecule has 0 aromatic rings. The molecule has 0 aliphatic heterocycles. The van der Waals surface area contributed by atoms with Crippen molar-refractivity contribution in [3.05, 3.63) is 0 Å². The lowest BCUT2D eigenvalue weighted by Crippen LogP contribution is -2.15. The highest BCUT2D eigenvalue weighted by atomic mass is 15.9. The molecule has 0 amide bonds. The second-order valence-corrected chi connectivity index (χ2v) is 11.8. The first-order valence-electron chi connectivity index (χ1n) is 8.43. The van der Waals surface area contributed by atoms with E-state index in [1.807, 2.05) is 0 Å². The number of hydrogen-bond donors (Lipinski definition) is 0. The zero-order valence-electron chi connectivity index (χ0n) is 9.07. The SMILES string of the molecule is C1C2C13C21C32C13C21C32C34C56C78C9CC97C85C63C124. The first-order valence-corrected chi connectivity index (χ1v) is 8.43. The lowest BCUT2D eigenvalue weighted by atomic mass is 9.86. The van der Waals surface area contributed by atoms with Gasteiger partial charge in [0.05, 0.1) is 0 Å². The van der Waals surface area contributed by atoms with Gasteiger partial charge >= 0.3 is 0 Å². The summed E-state index contributed by atoms with van der Waals surface area (Å²) >= 11 is 0. The molecule has 13 spiro atoms. The highest BCUT2D eigenvalue weighted by molar-refractivity contribution is 6.30. The molecule has 0 aromatic heterocycles. The fourth-order valence-electron chi connectivity index (χ4n) is 18.3. The molecule has 0 saturated heterocycles. The standard InChI is InChI=1S/C17H6/c1-3-5(1)7(3)9(5)11(7)13(9)15(11)16-12-8-4-2-6(4,8)10(8,12)14(12,16)17(13,15)16/h3-4H,1-2H2. The van der Waals surface area contributed by atoms with E-state index in [9.17, 15) is 0 Å². The van der Waals surface area contributed by atoms with Gasteiger partial charge in [0.2, 0.25) is 0 Å². The van der Waals surface area contributed by atoms with E-state index in [1.54, 1.807) is 12.8 Å². The molecule has 0 radical (unpaired) electrons. The average Bonchev–Trinajstić information content (AvgIpc) is 2.84. The highest BCUT2D eigenvalue weighted by Gasteiger charge is 3.87. The molecule has 17 heavy (non-hydrogen) atoms. The molecule has 0 N–H and O–H groups in total. The summed E-state index contributed by atoms with van der Waals surface area (Å²) in [5, 5.41) is 0. The van der Waals surface area contributed by atoms with Crippen LogP contribution >= 0.6 is 0 Å². The third kappa shape index (κ3) is 0.0704. The van der Waals surface area contributed by atoms with Crippen molar-refractivity contribution < 1.29 is 0 Å². The minimum Gasteiger partial charge on any atom is -0.0421 e. The molecule has 14 atom stereocenters. The van der Waals surface area contributed by atoms with Crippen molar-refractivity contribution in [1.82, 2.24) is 0 Å². The molecule has 15 rings (SSSR count). The molecule has 15 fully saturated rings. The Hall–Kier alpha value is 0. The van der Waals surface area contributed by atoms with Crippen LogP contribution in [-0.4, -0.2) is 0 Å². The molecule has 0 nitrogen and oxygen atoms in total. The summed E-state index contributed by atoms with van der Waals surface area (Å²) in [5.41, 5.74) is 15.7. The third-order valence-corrected chi connectivity index (χ3v) is 15.7. The molecular weight excluding hydrogens is 204 g/mol. The van der Waals surface area contributed by atoms with Crippen molar-refractivity contribution in [3.8, 4) is 0 Å². The van der Waals surface area contributed by atoms with Crippen molar-refractivity contribution in [1.29, 1.82) is 0 Å². The summed E-state index contributed by atoms with van der Waals surface area (Å²) in [5.74, 6) is 2.75. The minimum absolute atomic E-state index is 1.16. The van der Waals surface area contributed by atoms with E-state index in [4.69, 9.17) is 0 Å². The van der Waals surface area contributed by atoms with E-state index in [-0.39, 0.29) is 0 Å². The zero-order chi connectivity index (χ0) is 9.07. The molecule has 15 aliphatic carbocycles. The van der Waals surface area contributed by atoms with Gasteiger partial charge in [0.15, 0.2) is 0 Å². The van der Waals surface area contributed by atoms with Crippen LogP contribution in [0.25, 0.3) is 0 Å². The summed E-state index contributed by atoms with van der Waals surface area (Å²) in [4.78, 5) is 0. The molecule has 15 aliphatic rings. The van der Waals surface area contributed by atoms with Gasteiger partial charge in [-0.3, -0.25) is 0 Å². The maximum atomic E-state index is 1.74. The van der Waals surface area contributed by atoms with Crippen LogP contribution in [0.1, 0.15) is 12.8 Å². The monoisotopic (exact) mass is 210 g/mol. The minimum atomic E-state index is 1.16. The largest absolute Gasteiger partial charge is 0.0421 e. The zero-order valence-corrected chi connectivity index (χ0v) is 9.07. The lowest BCUT2D eigenvalue weighted by molar-refractivity contribution is 0.285. The number of rotatable bonds is 0. The second kappa shape index (κ2) is 0.487. The fourth-order valence-corrected chi connectivity index (χ4v) is 18.3. The topological polar surface area (TPSA) is 0 Å². The Morgan fingerprint density at radius 3 is 1.29 bits per heavy atom. The van der Waals surface area contributed by atoms with Crippen LogP contribution in [-0.2, 0) is 0 Å². The van der Waals surface area contributed by atoms with Gasteiger partial charge in [0.1, 0.15) is 0 Å². The molecule has 0 bridgehead atoms. The summed E-state index contributed by atoms with van der Waals surface area (Å²) < 4.78 is 0. The van der Waals surface area contributed by atoms with Crippen LogP contribution in [0.2, 0.25) is 0 Å². The van der Waals surface area contributed by atoms with Crippen LogP contribution in [0, 0.1) is 82.2 Å². The van der Waals surface area contributed by atoms with Crippen LogP contribution in [0.15, 0.2) is 0 Å². The molecule has 15 saturated carbocycles. The van der Waals surface area contributed by atoms with Crippen LogP contribution in [0.4, 0.5) is 0 Å². The van der Waals surface area contributed by atoms with E-state index in [2.05, 4.69) is 0 Å². The predicted octanol–water partition coefficient (Wildman–Crippen LogP) is 1.03. The van der Waals surface area contributed by atoms with Crippen LogP contribution in [0.3, 0.4) is 0 Å². The van der Waals surface area contributed by atoms with Crippen molar-refractivity contribution in [3.63, 3.8) is 0 Å².